The van der Waals surface area contributed by atoms with E-state index in [1.54, 1.807) is 12.4 Å². The van der Waals surface area contributed by atoms with Gasteiger partial charge in [-0.1, -0.05) is 17.7 Å². The van der Waals surface area contributed by atoms with E-state index in [0.29, 0.717) is 18.2 Å². The summed E-state index contributed by atoms with van der Waals surface area (Å²) in [6, 6.07) is 8.09. The monoisotopic (exact) mass is 371 g/mol. The van der Waals surface area contributed by atoms with Gasteiger partial charge in [0.2, 0.25) is 0 Å². The van der Waals surface area contributed by atoms with Gasteiger partial charge >= 0.3 is 0 Å². The highest BCUT2D eigenvalue weighted by atomic mass is 35.5. The van der Waals surface area contributed by atoms with E-state index in [9.17, 15) is 0 Å². The van der Waals surface area contributed by atoms with Crippen LogP contribution in [0.25, 0.3) is 11.1 Å². The number of hydrogen-bond donors (Lipinski definition) is 1. The molecule has 1 aromatic heterocycles. The first-order valence-electron chi connectivity index (χ1n) is 8.56. The first-order chi connectivity index (χ1) is 12.5. The van der Waals surface area contributed by atoms with Gasteiger partial charge in [0.05, 0.1) is 11.6 Å². The van der Waals surface area contributed by atoms with Crippen LogP contribution in [0.1, 0.15) is 18.9 Å². The number of aliphatic imine (C=N–C) groups is 1. The lowest BCUT2D eigenvalue weighted by atomic mass is 9.71. The van der Waals surface area contributed by atoms with Crippen molar-refractivity contribution in [2.75, 3.05) is 13.2 Å². The molecule has 1 fully saturated rings. The van der Waals surface area contributed by atoms with Gasteiger partial charge in [0.25, 0.3) is 6.02 Å². The third-order valence-electron chi connectivity index (χ3n) is 5.68. The second-order valence-corrected chi connectivity index (χ2v) is 7.49. The summed E-state index contributed by atoms with van der Waals surface area (Å²) >= 11 is 6.11. The lowest BCUT2D eigenvalue weighted by molar-refractivity contribution is -0.110. The summed E-state index contributed by atoms with van der Waals surface area (Å²) in [5.74, 6) is 0.791. The van der Waals surface area contributed by atoms with Crippen LogP contribution in [0.15, 0.2) is 41.7 Å². The van der Waals surface area contributed by atoms with Crippen molar-refractivity contribution in [1.29, 1.82) is 0 Å². The summed E-state index contributed by atoms with van der Waals surface area (Å²) in [6.45, 7) is 2.99. The van der Waals surface area contributed by atoms with E-state index in [4.69, 9.17) is 36.5 Å². The van der Waals surface area contributed by atoms with Crippen molar-refractivity contribution in [1.82, 2.24) is 4.98 Å². The Bertz CT molecular complexity index is 934. The number of pyridine rings is 1. The molecule has 0 saturated carbocycles. The maximum absolute atomic E-state index is 6.26. The topological polar surface area (TPSA) is 79.0 Å². The van der Waals surface area contributed by atoms with E-state index in [1.807, 2.05) is 25.1 Å². The molecular weight excluding hydrogens is 354 g/mol. The predicted octanol–water partition coefficient (Wildman–Crippen LogP) is 2.88. The van der Waals surface area contributed by atoms with Crippen molar-refractivity contribution in [2.24, 2.45) is 10.7 Å². The fourth-order valence-electron chi connectivity index (χ4n) is 4.25. The van der Waals surface area contributed by atoms with E-state index in [2.05, 4.69) is 11.1 Å². The number of ether oxygens (including phenoxy) is 3. The maximum atomic E-state index is 6.26. The highest BCUT2D eigenvalue weighted by Gasteiger charge is 2.64. The molecule has 2 aromatic rings. The van der Waals surface area contributed by atoms with Crippen molar-refractivity contribution in [3.63, 3.8) is 0 Å². The number of nitrogens with two attached hydrogens (primary N) is 1. The number of rotatable bonds is 1. The first kappa shape index (κ1) is 15.9. The lowest BCUT2D eigenvalue weighted by Gasteiger charge is -2.47. The smallest absolute Gasteiger partial charge is 0.283 e. The fraction of sp³-hybridized carbons (Fsp3) is 0.368. The molecule has 2 N–H and O–H groups in total. The minimum atomic E-state index is -0.728. The highest BCUT2D eigenvalue weighted by Crippen LogP contribution is 2.55. The van der Waals surface area contributed by atoms with E-state index in [1.165, 1.54) is 0 Å². The summed E-state index contributed by atoms with van der Waals surface area (Å²) in [5, 5.41) is 0.587. The predicted molar refractivity (Wildman–Crippen MR) is 97.3 cm³/mol. The number of halogens is 1. The molecule has 6 nitrogen and oxygen atoms in total. The number of benzene rings is 1. The van der Waals surface area contributed by atoms with Crippen LogP contribution in [0.4, 0.5) is 0 Å². The molecule has 1 aromatic carbocycles. The molecule has 134 valence electrons. The van der Waals surface area contributed by atoms with Crippen LogP contribution in [0.2, 0.25) is 5.02 Å². The summed E-state index contributed by atoms with van der Waals surface area (Å²) in [7, 11) is 0. The third kappa shape index (κ3) is 2.03. The molecule has 0 unspecified atom stereocenters. The number of aromatic nitrogens is 1. The van der Waals surface area contributed by atoms with Crippen LogP contribution in [0.3, 0.4) is 0 Å². The molecule has 26 heavy (non-hydrogen) atoms. The van der Waals surface area contributed by atoms with Gasteiger partial charge in [-0.25, -0.2) is 4.99 Å². The van der Waals surface area contributed by atoms with Gasteiger partial charge in [0.1, 0.15) is 24.1 Å². The van der Waals surface area contributed by atoms with Crippen LogP contribution in [0, 0.1) is 0 Å². The minimum Gasteiger partial charge on any atom is -0.487 e. The second kappa shape index (κ2) is 5.34. The van der Waals surface area contributed by atoms with Crippen molar-refractivity contribution in [3.05, 3.63) is 47.2 Å². The standard InChI is InChI=1S/C19H18ClN3O3/c1-18-16(4-5-25-18)26-15-3-2-11(12-6-13(20)9-22-8-12)7-14(15)19(18)10-24-17(21)23-19/h2-3,6-9,16H,4-5,10H2,1H3,(H2,21,23)/t16-,18+,19-/m1/s1. The average molecular weight is 372 g/mol. The molecule has 0 amide bonds. The Morgan fingerprint density at radius 1 is 1.23 bits per heavy atom. The zero-order valence-electron chi connectivity index (χ0n) is 14.2. The summed E-state index contributed by atoms with van der Waals surface area (Å²) in [4.78, 5) is 8.89. The van der Waals surface area contributed by atoms with Crippen LogP contribution in [-0.2, 0) is 15.0 Å². The number of amidine groups is 1. The number of fused-ring (bicyclic) bond motifs is 4. The molecule has 1 saturated heterocycles. The zero-order chi connectivity index (χ0) is 17.9. The summed E-state index contributed by atoms with van der Waals surface area (Å²) in [6.07, 6.45) is 4.12. The Labute approximate surface area is 155 Å². The Balaban J connectivity index is 1.72. The van der Waals surface area contributed by atoms with Gasteiger partial charge in [-0.3, -0.25) is 4.98 Å². The quantitative estimate of drug-likeness (QED) is 0.833. The SMILES string of the molecule is C[C@]12OCC[C@H]1Oc1ccc(-c3cncc(Cl)c3)cc1[C@]21COC(N)=N1. The Hall–Kier alpha value is -2.31. The average Bonchev–Trinajstić information content (AvgIpc) is 3.20. The van der Waals surface area contributed by atoms with Crippen molar-refractivity contribution in [2.45, 2.75) is 30.6 Å². The second-order valence-electron chi connectivity index (χ2n) is 7.05. The Kier molecular flexibility index (Phi) is 3.27. The lowest BCUT2D eigenvalue weighted by Crippen LogP contribution is -2.59. The molecule has 3 aliphatic heterocycles. The Morgan fingerprint density at radius 3 is 2.88 bits per heavy atom. The van der Waals surface area contributed by atoms with Gasteiger partial charge in [-0.05, 0) is 30.7 Å². The van der Waals surface area contributed by atoms with Crippen LogP contribution in [0.5, 0.6) is 5.75 Å². The summed E-state index contributed by atoms with van der Waals surface area (Å²) in [5.41, 5.74) is 7.36. The molecular formula is C19H18ClN3O3. The maximum Gasteiger partial charge on any atom is 0.283 e. The van der Waals surface area contributed by atoms with Crippen molar-refractivity contribution >= 4 is 17.6 Å². The molecule has 0 aliphatic carbocycles. The van der Waals surface area contributed by atoms with Crippen LogP contribution >= 0.6 is 11.6 Å². The van der Waals surface area contributed by atoms with Gasteiger partial charge in [0, 0.05) is 29.9 Å². The number of nitrogens with zero attached hydrogens (tertiary/aromatic N) is 2. The zero-order valence-corrected chi connectivity index (χ0v) is 15.0. The third-order valence-corrected chi connectivity index (χ3v) is 5.89. The van der Waals surface area contributed by atoms with Gasteiger partial charge < -0.3 is 19.9 Å². The number of hydrogen-bond acceptors (Lipinski definition) is 6. The van der Waals surface area contributed by atoms with Gasteiger partial charge in [-0.2, -0.15) is 0 Å². The molecule has 0 radical (unpaired) electrons. The Morgan fingerprint density at radius 2 is 2.12 bits per heavy atom. The van der Waals surface area contributed by atoms with Crippen molar-refractivity contribution < 1.29 is 14.2 Å². The van der Waals surface area contributed by atoms with Crippen molar-refractivity contribution in [3.8, 4) is 16.9 Å². The molecule has 3 atom stereocenters. The van der Waals surface area contributed by atoms with E-state index >= 15 is 0 Å². The van der Waals surface area contributed by atoms with E-state index < -0.39 is 11.1 Å². The summed E-state index contributed by atoms with van der Waals surface area (Å²) < 4.78 is 18.0. The molecule has 5 rings (SSSR count). The van der Waals surface area contributed by atoms with Crippen LogP contribution < -0.4 is 10.5 Å². The molecule has 1 spiro atoms. The normalized spacial score (nSPS) is 31.8. The van der Waals surface area contributed by atoms with E-state index in [0.717, 1.165) is 28.9 Å². The van der Waals surface area contributed by atoms with E-state index in [-0.39, 0.29) is 12.1 Å². The van der Waals surface area contributed by atoms with Gasteiger partial charge in [0.15, 0.2) is 5.54 Å². The fourth-order valence-corrected chi connectivity index (χ4v) is 4.43. The largest absolute Gasteiger partial charge is 0.487 e. The highest BCUT2D eigenvalue weighted by molar-refractivity contribution is 6.30. The molecule has 3 aliphatic rings. The molecule has 7 heteroatoms. The minimum absolute atomic E-state index is 0.0908. The first-order valence-corrected chi connectivity index (χ1v) is 8.94. The van der Waals surface area contributed by atoms with Gasteiger partial charge in [-0.15, -0.1) is 0 Å². The van der Waals surface area contributed by atoms with Crippen LogP contribution in [-0.4, -0.2) is 35.9 Å². The molecule has 4 heterocycles. The molecule has 0 bridgehead atoms.